The number of nitrogens with zero attached hydrogens (tertiary/aromatic N) is 3. The van der Waals surface area contributed by atoms with Crippen LogP contribution < -0.4 is 5.56 Å². The largest absolute Gasteiger partial charge is 0.342 e. The van der Waals surface area contributed by atoms with Crippen molar-refractivity contribution in [1.29, 1.82) is 0 Å². The summed E-state index contributed by atoms with van der Waals surface area (Å²) in [5.41, 5.74) is 0.668. The molecule has 1 aliphatic heterocycles. The van der Waals surface area contributed by atoms with Crippen LogP contribution in [0.3, 0.4) is 0 Å². The van der Waals surface area contributed by atoms with Gasteiger partial charge in [0, 0.05) is 19.1 Å². The molecule has 1 saturated heterocycles. The smallest absolute Gasteiger partial charge is 0.262 e. The lowest BCUT2D eigenvalue weighted by atomic mass is 9.75. The summed E-state index contributed by atoms with van der Waals surface area (Å²) in [5.74, 6) is 2.02. The molecule has 0 radical (unpaired) electrons. The fourth-order valence-electron chi connectivity index (χ4n) is 4.73. The number of amides is 1. The van der Waals surface area contributed by atoms with Gasteiger partial charge in [-0.1, -0.05) is 43.2 Å². The maximum atomic E-state index is 12.9. The number of thioether (sulfide) groups is 1. The third kappa shape index (κ3) is 3.84. The fourth-order valence-corrected chi connectivity index (χ4v) is 5.76. The second kappa shape index (κ2) is 8.27. The number of aromatic nitrogens is 2. The summed E-state index contributed by atoms with van der Waals surface area (Å²) in [4.78, 5) is 32.5. The maximum Gasteiger partial charge on any atom is 0.262 e. The molecule has 5 nitrogen and oxygen atoms in total. The molecule has 2 atom stereocenters. The van der Waals surface area contributed by atoms with Gasteiger partial charge in [-0.25, -0.2) is 4.98 Å². The van der Waals surface area contributed by atoms with E-state index in [4.69, 9.17) is 4.98 Å². The number of carbonyl (C=O) groups excluding carboxylic acids is 1. The zero-order valence-corrected chi connectivity index (χ0v) is 17.6. The van der Waals surface area contributed by atoms with Gasteiger partial charge in [-0.3, -0.25) is 14.2 Å². The molecule has 1 saturated carbocycles. The Labute approximate surface area is 170 Å². The Morgan fingerprint density at radius 2 is 1.93 bits per heavy atom. The molecule has 1 amide bonds. The highest BCUT2D eigenvalue weighted by Crippen LogP contribution is 2.36. The summed E-state index contributed by atoms with van der Waals surface area (Å²) in [6.07, 6.45) is 6.40. The second-order valence-corrected chi connectivity index (χ2v) is 9.34. The van der Waals surface area contributed by atoms with Crippen LogP contribution in [0.25, 0.3) is 10.9 Å². The van der Waals surface area contributed by atoms with Crippen LogP contribution in [0.5, 0.6) is 0 Å². The third-order valence-corrected chi connectivity index (χ3v) is 7.20. The molecule has 0 spiro atoms. The van der Waals surface area contributed by atoms with Crippen LogP contribution in [0.15, 0.2) is 34.2 Å². The van der Waals surface area contributed by atoms with Gasteiger partial charge in [0.25, 0.3) is 5.56 Å². The predicted octanol–water partition coefficient (Wildman–Crippen LogP) is 4.11. The van der Waals surface area contributed by atoms with Crippen molar-refractivity contribution >= 4 is 28.6 Å². The Morgan fingerprint density at radius 1 is 1.18 bits per heavy atom. The summed E-state index contributed by atoms with van der Waals surface area (Å²) >= 11 is 1.40. The minimum absolute atomic E-state index is 0.000178. The van der Waals surface area contributed by atoms with Crippen LogP contribution in [0.4, 0.5) is 0 Å². The average Bonchev–Trinajstić information content (AvgIpc) is 2.71. The van der Waals surface area contributed by atoms with Gasteiger partial charge in [0.15, 0.2) is 5.16 Å². The summed E-state index contributed by atoms with van der Waals surface area (Å²) in [6, 6.07) is 7.43. The van der Waals surface area contributed by atoms with Crippen molar-refractivity contribution in [3.63, 3.8) is 0 Å². The molecular formula is C22H29N3O2S. The van der Waals surface area contributed by atoms with E-state index in [1.165, 1.54) is 37.4 Å². The second-order valence-electron chi connectivity index (χ2n) is 8.40. The number of benzene rings is 1. The topological polar surface area (TPSA) is 55.2 Å². The van der Waals surface area contributed by atoms with Gasteiger partial charge in [0.2, 0.25) is 5.91 Å². The van der Waals surface area contributed by atoms with Crippen molar-refractivity contribution in [1.82, 2.24) is 14.5 Å². The monoisotopic (exact) mass is 399 g/mol. The van der Waals surface area contributed by atoms with Crippen LogP contribution in [0.2, 0.25) is 0 Å². The molecule has 150 valence electrons. The van der Waals surface area contributed by atoms with E-state index in [2.05, 4.69) is 0 Å². The number of rotatable bonds is 4. The Bertz CT molecular complexity index is 924. The molecule has 0 N–H and O–H groups in total. The lowest BCUT2D eigenvalue weighted by molar-refractivity contribution is -0.131. The van der Waals surface area contributed by atoms with Gasteiger partial charge in [0.05, 0.1) is 16.7 Å². The van der Waals surface area contributed by atoms with Crippen molar-refractivity contribution in [2.24, 2.45) is 11.8 Å². The van der Waals surface area contributed by atoms with Crippen molar-refractivity contribution < 1.29 is 4.79 Å². The van der Waals surface area contributed by atoms with Gasteiger partial charge in [-0.05, 0) is 50.7 Å². The number of piperidine rings is 1. The summed E-state index contributed by atoms with van der Waals surface area (Å²) in [5, 5.41) is 1.27. The lowest BCUT2D eigenvalue weighted by Crippen LogP contribution is -2.45. The first kappa shape index (κ1) is 19.5. The minimum atomic E-state index is -0.0291. The Hall–Kier alpha value is -1.82. The maximum absolute atomic E-state index is 12.9. The molecule has 1 aromatic heterocycles. The predicted molar refractivity (Wildman–Crippen MR) is 114 cm³/mol. The van der Waals surface area contributed by atoms with E-state index in [0.717, 1.165) is 25.4 Å². The Morgan fingerprint density at radius 3 is 2.71 bits per heavy atom. The van der Waals surface area contributed by atoms with Crippen LogP contribution in [0.1, 0.15) is 52.0 Å². The highest BCUT2D eigenvalue weighted by atomic mass is 32.2. The fraction of sp³-hybridized carbons (Fsp3) is 0.591. The van der Waals surface area contributed by atoms with Crippen LogP contribution in [0, 0.1) is 11.8 Å². The molecule has 4 rings (SSSR count). The van der Waals surface area contributed by atoms with Crippen molar-refractivity contribution in [3.8, 4) is 0 Å². The SMILES string of the molecule is CC(C)n1c(SCC(=O)N2CC[C@@H]3CCCC[C@H]3C2)nc2ccccc2c1=O. The normalized spacial score (nSPS) is 22.5. The first-order valence-corrected chi connectivity index (χ1v) is 11.4. The van der Waals surface area contributed by atoms with Crippen LogP contribution in [-0.4, -0.2) is 39.2 Å². The molecule has 2 heterocycles. The molecular weight excluding hydrogens is 370 g/mol. The number of carbonyl (C=O) groups is 1. The number of para-hydroxylation sites is 1. The lowest BCUT2D eigenvalue weighted by Gasteiger charge is -2.41. The van der Waals surface area contributed by atoms with Gasteiger partial charge in [0.1, 0.15) is 0 Å². The van der Waals surface area contributed by atoms with Gasteiger partial charge < -0.3 is 4.90 Å². The van der Waals surface area contributed by atoms with Gasteiger partial charge in [-0.15, -0.1) is 0 Å². The van der Waals surface area contributed by atoms with E-state index < -0.39 is 0 Å². The van der Waals surface area contributed by atoms with E-state index in [-0.39, 0.29) is 17.5 Å². The van der Waals surface area contributed by atoms with E-state index in [1.54, 1.807) is 4.57 Å². The molecule has 2 aliphatic rings. The van der Waals surface area contributed by atoms with Gasteiger partial charge >= 0.3 is 0 Å². The summed E-state index contributed by atoms with van der Waals surface area (Å²) in [7, 11) is 0. The number of likely N-dealkylation sites (tertiary alicyclic amines) is 1. The van der Waals surface area contributed by atoms with Crippen molar-refractivity contribution in [2.75, 3.05) is 18.8 Å². The molecule has 1 aromatic carbocycles. The summed E-state index contributed by atoms with van der Waals surface area (Å²) in [6.45, 7) is 5.75. The highest BCUT2D eigenvalue weighted by molar-refractivity contribution is 7.99. The molecule has 28 heavy (non-hydrogen) atoms. The Kier molecular flexibility index (Phi) is 5.76. The van der Waals surface area contributed by atoms with Crippen LogP contribution >= 0.6 is 11.8 Å². The molecule has 0 unspecified atom stereocenters. The van der Waals surface area contributed by atoms with Crippen LogP contribution in [-0.2, 0) is 4.79 Å². The number of hydrogen-bond donors (Lipinski definition) is 0. The standard InChI is InChI=1S/C22H29N3O2S/c1-15(2)25-21(27)18-9-5-6-10-19(18)23-22(25)28-14-20(26)24-12-11-16-7-3-4-8-17(16)13-24/h5-6,9-10,15-17H,3-4,7-8,11-14H2,1-2H3/t16-,17-/m0/s1. The Balaban J connectivity index is 1.50. The first-order valence-electron chi connectivity index (χ1n) is 10.5. The van der Waals surface area contributed by atoms with E-state index in [0.29, 0.717) is 27.7 Å². The molecule has 1 aliphatic carbocycles. The van der Waals surface area contributed by atoms with Crippen molar-refractivity contribution in [3.05, 3.63) is 34.6 Å². The first-order chi connectivity index (χ1) is 13.5. The zero-order valence-electron chi connectivity index (χ0n) is 16.8. The summed E-state index contributed by atoms with van der Waals surface area (Å²) < 4.78 is 1.72. The van der Waals surface area contributed by atoms with Crippen molar-refractivity contribution in [2.45, 2.75) is 57.1 Å². The molecule has 2 fully saturated rings. The molecule has 2 aromatic rings. The molecule has 0 bridgehead atoms. The van der Waals surface area contributed by atoms with E-state index in [1.807, 2.05) is 43.0 Å². The molecule has 6 heteroatoms. The quantitative estimate of drug-likeness (QED) is 0.573. The number of hydrogen-bond acceptors (Lipinski definition) is 4. The minimum Gasteiger partial charge on any atom is -0.342 e. The van der Waals surface area contributed by atoms with Gasteiger partial charge in [-0.2, -0.15) is 0 Å². The third-order valence-electron chi connectivity index (χ3n) is 6.26. The highest BCUT2D eigenvalue weighted by Gasteiger charge is 2.32. The van der Waals surface area contributed by atoms with E-state index >= 15 is 0 Å². The number of fused-ring (bicyclic) bond motifs is 2. The zero-order chi connectivity index (χ0) is 19.7. The average molecular weight is 400 g/mol. The van der Waals surface area contributed by atoms with E-state index in [9.17, 15) is 9.59 Å².